The number of anilines is 1. The number of hydrogen-bond donors (Lipinski definition) is 0. The molecule has 0 amide bonds. The Balaban J connectivity index is 1.56. The van der Waals surface area contributed by atoms with Crippen molar-refractivity contribution in [3.63, 3.8) is 0 Å². The van der Waals surface area contributed by atoms with Gasteiger partial charge in [-0.1, -0.05) is 66.7 Å². The standard InChI is InChI=1S/C36H29NO6/c1-41-23-18-15-22(16-19-23)32(38)31-30(26-12-8-14-28(42-2)33(26)43-3)36(34(39)24-10-5-6-11-25(24)35(36)40)29-20-17-21-9-4-7-13-27(21)37(29)31/h4-20,29-31H,1-3H3/t29-,30+,31-/m0/s1. The summed E-state index contributed by atoms with van der Waals surface area (Å²) in [7, 11) is 4.63. The van der Waals surface area contributed by atoms with Crippen molar-refractivity contribution < 1.29 is 28.6 Å². The van der Waals surface area contributed by atoms with Crippen LogP contribution in [0.15, 0.2) is 97.1 Å². The minimum Gasteiger partial charge on any atom is -0.497 e. The third kappa shape index (κ3) is 3.57. The van der Waals surface area contributed by atoms with Crippen LogP contribution >= 0.6 is 0 Å². The molecule has 7 heteroatoms. The minimum atomic E-state index is -1.64. The van der Waals surface area contributed by atoms with E-state index >= 15 is 0 Å². The van der Waals surface area contributed by atoms with E-state index in [0.717, 1.165) is 11.3 Å². The summed E-state index contributed by atoms with van der Waals surface area (Å²) in [5.41, 5.74) is 1.77. The smallest absolute Gasteiger partial charge is 0.185 e. The predicted octanol–water partition coefficient (Wildman–Crippen LogP) is 6.03. The molecule has 0 unspecified atom stereocenters. The lowest BCUT2D eigenvalue weighted by Crippen LogP contribution is -2.48. The van der Waals surface area contributed by atoms with E-state index in [1.807, 2.05) is 47.4 Å². The summed E-state index contributed by atoms with van der Waals surface area (Å²) in [6.07, 6.45) is 3.85. The van der Waals surface area contributed by atoms with E-state index in [4.69, 9.17) is 14.2 Å². The summed E-state index contributed by atoms with van der Waals surface area (Å²) in [5.74, 6) is -0.288. The van der Waals surface area contributed by atoms with Gasteiger partial charge >= 0.3 is 0 Å². The number of nitrogens with zero attached hydrogens (tertiary/aromatic N) is 1. The molecule has 0 aromatic heterocycles. The molecule has 1 spiro atoms. The van der Waals surface area contributed by atoms with Crippen molar-refractivity contribution in [3.05, 3.63) is 125 Å². The molecule has 0 bridgehead atoms. The number of Topliss-reactive ketones (excluding diaryl/α,β-unsaturated/α-hetero) is 3. The molecule has 0 radical (unpaired) electrons. The molecule has 0 saturated carbocycles. The first-order chi connectivity index (χ1) is 21.0. The maximum Gasteiger partial charge on any atom is 0.185 e. The molecule has 214 valence electrons. The Kier molecular flexibility index (Phi) is 6.20. The quantitative estimate of drug-likeness (QED) is 0.207. The molecular weight excluding hydrogens is 542 g/mol. The van der Waals surface area contributed by atoms with Crippen LogP contribution in [0.2, 0.25) is 0 Å². The lowest BCUT2D eigenvalue weighted by Gasteiger charge is -2.37. The van der Waals surface area contributed by atoms with Crippen LogP contribution < -0.4 is 19.1 Å². The van der Waals surface area contributed by atoms with Crippen LogP contribution in [0.5, 0.6) is 17.2 Å². The highest BCUT2D eigenvalue weighted by Crippen LogP contribution is 2.62. The minimum absolute atomic E-state index is 0.221. The van der Waals surface area contributed by atoms with Gasteiger partial charge in [0.1, 0.15) is 17.2 Å². The molecule has 3 aliphatic rings. The van der Waals surface area contributed by atoms with Crippen LogP contribution in [0.4, 0.5) is 5.69 Å². The first kappa shape index (κ1) is 26.7. The third-order valence-electron chi connectivity index (χ3n) is 9.12. The highest BCUT2D eigenvalue weighted by Gasteiger charge is 2.72. The van der Waals surface area contributed by atoms with Crippen molar-refractivity contribution in [2.45, 2.75) is 18.0 Å². The molecule has 1 fully saturated rings. The molecule has 0 N–H and O–H groups in total. The van der Waals surface area contributed by atoms with Crippen LogP contribution in [0.1, 0.15) is 48.1 Å². The van der Waals surface area contributed by atoms with Gasteiger partial charge in [-0.05, 0) is 42.0 Å². The lowest BCUT2D eigenvalue weighted by atomic mass is 9.64. The largest absolute Gasteiger partial charge is 0.497 e. The number of ether oxygens (including phenoxy) is 3. The SMILES string of the molecule is COc1ccc(C(=O)[C@@H]2[C@@H](c3cccc(OC)c3OC)C3(C(=O)c4ccccc4C3=O)[C@@H]3C=Cc4ccccc4N23)cc1. The van der Waals surface area contributed by atoms with Crippen LogP contribution in [0.3, 0.4) is 0 Å². The maximum absolute atomic E-state index is 14.9. The second kappa shape index (κ2) is 9.98. The number of carbonyl (C=O) groups is 3. The average molecular weight is 572 g/mol. The Bertz CT molecular complexity index is 1790. The summed E-state index contributed by atoms with van der Waals surface area (Å²) >= 11 is 0. The third-order valence-corrected chi connectivity index (χ3v) is 9.12. The Hall–Kier alpha value is -5.17. The Labute approximate surface area is 249 Å². The van der Waals surface area contributed by atoms with Crippen molar-refractivity contribution in [3.8, 4) is 17.2 Å². The van der Waals surface area contributed by atoms with E-state index in [9.17, 15) is 14.4 Å². The summed E-state index contributed by atoms with van der Waals surface area (Å²) in [6, 6.07) is 25.3. The van der Waals surface area contributed by atoms with Crippen LogP contribution in [-0.2, 0) is 0 Å². The molecule has 43 heavy (non-hydrogen) atoms. The fraction of sp³-hybridized carbons (Fsp3) is 0.194. The van der Waals surface area contributed by atoms with E-state index < -0.39 is 23.4 Å². The zero-order valence-electron chi connectivity index (χ0n) is 23.9. The maximum atomic E-state index is 14.9. The van der Waals surface area contributed by atoms with Crippen LogP contribution in [0, 0.1) is 5.41 Å². The monoisotopic (exact) mass is 571 g/mol. The second-order valence-corrected chi connectivity index (χ2v) is 10.9. The Morgan fingerprint density at radius 3 is 2.07 bits per heavy atom. The van der Waals surface area contributed by atoms with Crippen molar-refractivity contribution >= 4 is 29.1 Å². The molecule has 4 aromatic rings. The summed E-state index contributed by atoms with van der Waals surface area (Å²) in [4.78, 5) is 46.5. The van der Waals surface area contributed by atoms with Gasteiger partial charge in [0.25, 0.3) is 0 Å². The molecule has 3 atom stereocenters. The molecule has 7 nitrogen and oxygen atoms in total. The number of para-hydroxylation sites is 2. The number of rotatable bonds is 6. The predicted molar refractivity (Wildman–Crippen MR) is 163 cm³/mol. The number of ketones is 3. The van der Waals surface area contributed by atoms with Gasteiger partial charge in [0.2, 0.25) is 0 Å². The van der Waals surface area contributed by atoms with Crippen LogP contribution in [-0.4, -0.2) is 50.8 Å². The van der Waals surface area contributed by atoms with Crippen LogP contribution in [0.25, 0.3) is 6.08 Å². The fourth-order valence-corrected chi connectivity index (χ4v) is 7.34. The Morgan fingerprint density at radius 1 is 0.744 bits per heavy atom. The summed E-state index contributed by atoms with van der Waals surface area (Å²) < 4.78 is 16.9. The van der Waals surface area contributed by atoms with Gasteiger partial charge in [-0.2, -0.15) is 0 Å². The highest BCUT2D eigenvalue weighted by atomic mass is 16.5. The number of carbonyl (C=O) groups excluding carboxylic acids is 3. The summed E-state index contributed by atoms with van der Waals surface area (Å²) in [6.45, 7) is 0. The normalized spacial score (nSPS) is 20.9. The van der Waals surface area contributed by atoms with Gasteiger partial charge < -0.3 is 19.1 Å². The molecule has 1 aliphatic carbocycles. The fourth-order valence-electron chi connectivity index (χ4n) is 7.34. The van der Waals surface area contributed by atoms with E-state index in [0.29, 0.717) is 39.5 Å². The van der Waals surface area contributed by atoms with E-state index in [2.05, 4.69) is 0 Å². The Morgan fingerprint density at radius 2 is 1.42 bits per heavy atom. The first-order valence-corrected chi connectivity index (χ1v) is 14.1. The molecule has 1 saturated heterocycles. The lowest BCUT2D eigenvalue weighted by molar-refractivity contribution is 0.0664. The zero-order valence-corrected chi connectivity index (χ0v) is 23.9. The van der Waals surface area contributed by atoms with Gasteiger partial charge in [0.15, 0.2) is 28.8 Å². The first-order valence-electron chi connectivity index (χ1n) is 14.1. The molecular formula is C36H29NO6. The number of fused-ring (bicyclic) bond motifs is 5. The second-order valence-electron chi connectivity index (χ2n) is 10.9. The van der Waals surface area contributed by atoms with E-state index in [1.165, 1.54) is 14.2 Å². The van der Waals surface area contributed by atoms with Gasteiger partial charge in [0.05, 0.1) is 27.4 Å². The average Bonchev–Trinajstić information content (AvgIpc) is 3.49. The number of methoxy groups -OCH3 is 3. The molecule has 2 aliphatic heterocycles. The van der Waals surface area contributed by atoms with E-state index in [-0.39, 0.29) is 17.3 Å². The van der Waals surface area contributed by atoms with Crippen molar-refractivity contribution in [2.75, 3.05) is 26.2 Å². The van der Waals surface area contributed by atoms with Gasteiger partial charge in [-0.3, -0.25) is 14.4 Å². The van der Waals surface area contributed by atoms with Gasteiger partial charge in [0, 0.05) is 33.9 Å². The summed E-state index contributed by atoms with van der Waals surface area (Å²) in [5, 5.41) is 0. The highest BCUT2D eigenvalue weighted by molar-refractivity contribution is 6.32. The van der Waals surface area contributed by atoms with Crippen molar-refractivity contribution in [1.82, 2.24) is 0 Å². The number of benzene rings is 4. The molecule has 7 rings (SSSR count). The number of hydrogen-bond acceptors (Lipinski definition) is 7. The molecule has 4 aromatic carbocycles. The van der Waals surface area contributed by atoms with Crippen molar-refractivity contribution in [1.29, 1.82) is 0 Å². The van der Waals surface area contributed by atoms with Gasteiger partial charge in [-0.15, -0.1) is 0 Å². The zero-order chi connectivity index (χ0) is 29.9. The topological polar surface area (TPSA) is 82.1 Å². The molecule has 2 heterocycles. The van der Waals surface area contributed by atoms with E-state index in [1.54, 1.807) is 67.8 Å². The van der Waals surface area contributed by atoms with Crippen molar-refractivity contribution in [2.24, 2.45) is 5.41 Å². The van der Waals surface area contributed by atoms with Gasteiger partial charge in [-0.25, -0.2) is 0 Å².